The van der Waals surface area contributed by atoms with Crippen LogP contribution in [0.2, 0.25) is 0 Å². The maximum Gasteiger partial charge on any atom is 0.405 e. The van der Waals surface area contributed by atoms with Crippen LogP contribution in [0, 0.1) is 0 Å². The van der Waals surface area contributed by atoms with Crippen LogP contribution in [0.4, 0.5) is 13.2 Å². The lowest BCUT2D eigenvalue weighted by Gasteiger charge is -2.33. The standard InChI is InChI=1S/C10H18F3N3O/c1-15(2)9(17)7-4-3-5-16(7)8(6-14)10(11,12)13/h7-8H,3-6,14H2,1-2H3/t7-,8-/m1/s1. The van der Waals surface area contributed by atoms with Gasteiger partial charge in [-0.1, -0.05) is 0 Å². The van der Waals surface area contributed by atoms with Crippen LogP contribution in [0.1, 0.15) is 12.8 Å². The van der Waals surface area contributed by atoms with Crippen molar-refractivity contribution in [3.05, 3.63) is 0 Å². The smallest absolute Gasteiger partial charge is 0.347 e. The molecular formula is C10H18F3N3O. The van der Waals surface area contributed by atoms with Crippen molar-refractivity contribution in [1.82, 2.24) is 9.80 Å². The first-order chi connectivity index (χ1) is 7.79. The van der Waals surface area contributed by atoms with Gasteiger partial charge in [0.25, 0.3) is 0 Å². The van der Waals surface area contributed by atoms with E-state index >= 15 is 0 Å². The minimum absolute atomic E-state index is 0.269. The highest BCUT2D eigenvalue weighted by Crippen LogP contribution is 2.30. The number of likely N-dealkylation sites (N-methyl/N-ethyl adjacent to an activating group) is 1. The van der Waals surface area contributed by atoms with E-state index < -0.39 is 24.8 Å². The molecule has 4 nitrogen and oxygen atoms in total. The van der Waals surface area contributed by atoms with E-state index in [9.17, 15) is 18.0 Å². The molecule has 2 N–H and O–H groups in total. The van der Waals surface area contributed by atoms with Gasteiger partial charge in [-0.3, -0.25) is 9.69 Å². The zero-order valence-electron chi connectivity index (χ0n) is 10.00. The third kappa shape index (κ3) is 3.10. The van der Waals surface area contributed by atoms with Crippen molar-refractivity contribution in [3.63, 3.8) is 0 Å². The van der Waals surface area contributed by atoms with E-state index in [-0.39, 0.29) is 12.5 Å². The highest BCUT2D eigenvalue weighted by molar-refractivity contribution is 5.81. The molecule has 1 saturated heterocycles. The van der Waals surface area contributed by atoms with Crippen molar-refractivity contribution >= 4 is 5.91 Å². The molecule has 1 fully saturated rings. The van der Waals surface area contributed by atoms with E-state index in [0.29, 0.717) is 12.8 Å². The molecule has 0 saturated carbocycles. The van der Waals surface area contributed by atoms with Gasteiger partial charge in [0.2, 0.25) is 5.91 Å². The number of halogens is 3. The van der Waals surface area contributed by atoms with Crippen LogP contribution >= 0.6 is 0 Å². The number of carbonyl (C=O) groups is 1. The Labute approximate surface area is 98.5 Å². The van der Waals surface area contributed by atoms with Gasteiger partial charge in [0, 0.05) is 20.6 Å². The Morgan fingerprint density at radius 2 is 2.12 bits per heavy atom. The van der Waals surface area contributed by atoms with E-state index in [2.05, 4.69) is 0 Å². The van der Waals surface area contributed by atoms with Crippen molar-refractivity contribution in [2.45, 2.75) is 31.1 Å². The SMILES string of the molecule is CN(C)C(=O)[C@H]1CCCN1[C@H](CN)C(F)(F)F. The predicted molar refractivity (Wildman–Crippen MR) is 57.3 cm³/mol. The summed E-state index contributed by atoms with van der Waals surface area (Å²) in [7, 11) is 3.09. The van der Waals surface area contributed by atoms with E-state index in [0.717, 1.165) is 0 Å². The Kier molecular flexibility index (Phi) is 4.37. The summed E-state index contributed by atoms with van der Waals surface area (Å²) in [6.07, 6.45) is -3.33. The molecule has 0 radical (unpaired) electrons. The van der Waals surface area contributed by atoms with Crippen LogP contribution < -0.4 is 5.73 Å². The van der Waals surface area contributed by atoms with Crippen molar-refractivity contribution in [2.75, 3.05) is 27.2 Å². The van der Waals surface area contributed by atoms with Gasteiger partial charge >= 0.3 is 6.18 Å². The van der Waals surface area contributed by atoms with Crippen LogP contribution in [0.3, 0.4) is 0 Å². The number of nitrogens with two attached hydrogens (primary N) is 1. The number of nitrogens with zero attached hydrogens (tertiary/aromatic N) is 2. The number of amides is 1. The second-order valence-electron chi connectivity index (χ2n) is 4.42. The summed E-state index contributed by atoms with van der Waals surface area (Å²) in [6, 6.07) is -2.42. The number of likely N-dealkylation sites (tertiary alicyclic amines) is 1. The highest BCUT2D eigenvalue weighted by atomic mass is 19.4. The molecule has 1 amide bonds. The Balaban J connectivity index is 2.84. The summed E-state index contributed by atoms with van der Waals surface area (Å²) in [5.74, 6) is -0.287. The van der Waals surface area contributed by atoms with Gasteiger partial charge in [-0.25, -0.2) is 0 Å². The predicted octanol–water partition coefficient (Wildman–Crippen LogP) is 0.429. The molecule has 0 aromatic carbocycles. The van der Waals surface area contributed by atoms with Gasteiger partial charge < -0.3 is 10.6 Å². The maximum atomic E-state index is 12.8. The Morgan fingerprint density at radius 3 is 2.53 bits per heavy atom. The summed E-state index contributed by atoms with van der Waals surface area (Å²) in [4.78, 5) is 14.3. The Hall–Kier alpha value is -0.820. The van der Waals surface area contributed by atoms with E-state index in [1.807, 2.05) is 0 Å². The van der Waals surface area contributed by atoms with Crippen molar-refractivity contribution in [2.24, 2.45) is 5.73 Å². The summed E-state index contributed by atoms with van der Waals surface area (Å²) in [5.41, 5.74) is 5.19. The van der Waals surface area contributed by atoms with Gasteiger partial charge in [-0.2, -0.15) is 13.2 Å². The lowest BCUT2D eigenvalue weighted by molar-refractivity contribution is -0.185. The highest BCUT2D eigenvalue weighted by Gasteiger charge is 2.48. The van der Waals surface area contributed by atoms with Crippen LogP contribution in [0.15, 0.2) is 0 Å². The molecule has 7 heteroatoms. The second kappa shape index (κ2) is 5.22. The van der Waals surface area contributed by atoms with E-state index in [4.69, 9.17) is 5.73 Å². The zero-order chi connectivity index (χ0) is 13.2. The normalized spacial score (nSPS) is 23.8. The zero-order valence-corrected chi connectivity index (χ0v) is 10.00. The summed E-state index contributed by atoms with van der Waals surface area (Å²) < 4.78 is 38.3. The first-order valence-electron chi connectivity index (χ1n) is 5.52. The molecule has 1 aliphatic rings. The average Bonchev–Trinajstić information content (AvgIpc) is 2.64. The third-order valence-electron chi connectivity index (χ3n) is 3.02. The third-order valence-corrected chi connectivity index (χ3v) is 3.02. The molecule has 0 aliphatic carbocycles. The molecule has 1 aliphatic heterocycles. The number of hydrogen-bond donors (Lipinski definition) is 1. The molecule has 17 heavy (non-hydrogen) atoms. The van der Waals surface area contributed by atoms with E-state index in [1.165, 1.54) is 9.80 Å². The first kappa shape index (κ1) is 14.2. The fourth-order valence-corrected chi connectivity index (χ4v) is 2.18. The Morgan fingerprint density at radius 1 is 1.53 bits per heavy atom. The van der Waals surface area contributed by atoms with Gasteiger partial charge in [-0.15, -0.1) is 0 Å². The van der Waals surface area contributed by atoms with Crippen LogP contribution in [0.25, 0.3) is 0 Å². The molecule has 0 aromatic rings. The second-order valence-corrected chi connectivity index (χ2v) is 4.42. The van der Waals surface area contributed by atoms with Gasteiger partial charge in [0.1, 0.15) is 6.04 Å². The number of carbonyl (C=O) groups excluding carboxylic acids is 1. The van der Waals surface area contributed by atoms with Crippen LogP contribution in [0.5, 0.6) is 0 Å². The number of hydrogen-bond acceptors (Lipinski definition) is 3. The van der Waals surface area contributed by atoms with Crippen LogP contribution in [-0.4, -0.2) is 61.2 Å². The molecule has 100 valence electrons. The molecular weight excluding hydrogens is 235 g/mol. The summed E-state index contributed by atoms with van der Waals surface area (Å²) in [6.45, 7) is -0.244. The lowest BCUT2D eigenvalue weighted by atomic mass is 10.1. The van der Waals surface area contributed by atoms with Gasteiger partial charge in [0.05, 0.1) is 6.04 Å². The number of alkyl halides is 3. The Bertz CT molecular complexity index is 280. The van der Waals surface area contributed by atoms with Crippen LogP contribution in [-0.2, 0) is 4.79 Å². The minimum Gasteiger partial charge on any atom is -0.347 e. The average molecular weight is 253 g/mol. The first-order valence-corrected chi connectivity index (χ1v) is 5.52. The van der Waals surface area contributed by atoms with Crippen molar-refractivity contribution in [1.29, 1.82) is 0 Å². The summed E-state index contributed by atoms with van der Waals surface area (Å²) in [5, 5.41) is 0. The lowest BCUT2D eigenvalue weighted by Crippen LogP contribution is -2.55. The molecule has 2 atom stereocenters. The quantitative estimate of drug-likeness (QED) is 0.793. The monoisotopic (exact) mass is 253 g/mol. The molecule has 1 rings (SSSR count). The number of rotatable bonds is 3. The topological polar surface area (TPSA) is 49.6 Å². The molecule has 0 spiro atoms. The largest absolute Gasteiger partial charge is 0.405 e. The molecule has 0 aromatic heterocycles. The molecule has 0 unspecified atom stereocenters. The van der Waals surface area contributed by atoms with Gasteiger partial charge in [-0.05, 0) is 19.4 Å². The molecule has 1 heterocycles. The van der Waals surface area contributed by atoms with Crippen molar-refractivity contribution in [3.8, 4) is 0 Å². The molecule has 0 bridgehead atoms. The fourth-order valence-electron chi connectivity index (χ4n) is 2.18. The fraction of sp³-hybridized carbons (Fsp3) is 0.900. The summed E-state index contributed by atoms with van der Waals surface area (Å²) >= 11 is 0. The van der Waals surface area contributed by atoms with E-state index in [1.54, 1.807) is 14.1 Å². The maximum absolute atomic E-state index is 12.8. The van der Waals surface area contributed by atoms with Crippen molar-refractivity contribution < 1.29 is 18.0 Å². The van der Waals surface area contributed by atoms with Gasteiger partial charge in [0.15, 0.2) is 0 Å². The minimum atomic E-state index is -4.38.